The van der Waals surface area contributed by atoms with E-state index in [1.165, 1.54) is 15.8 Å². The van der Waals surface area contributed by atoms with E-state index in [2.05, 4.69) is 41.9 Å². The first kappa shape index (κ1) is 10.1. The summed E-state index contributed by atoms with van der Waals surface area (Å²) in [6.45, 7) is 3.01. The second kappa shape index (κ2) is 4.07. The molecule has 1 aliphatic heterocycles. The maximum absolute atomic E-state index is 5.55. The van der Waals surface area contributed by atoms with E-state index >= 15 is 0 Å². The van der Waals surface area contributed by atoms with E-state index in [1.54, 1.807) is 11.3 Å². The third-order valence-corrected chi connectivity index (χ3v) is 4.08. The lowest BCUT2D eigenvalue weighted by Gasteiger charge is -2.17. The number of anilines is 1. The molecule has 1 saturated heterocycles. The molecule has 3 heteroatoms. The zero-order chi connectivity index (χ0) is 11.0. The summed E-state index contributed by atoms with van der Waals surface area (Å²) in [4.78, 5) is 0. The van der Waals surface area contributed by atoms with Crippen molar-refractivity contribution in [3.05, 3.63) is 29.6 Å². The van der Waals surface area contributed by atoms with Crippen LogP contribution in [-0.4, -0.2) is 18.8 Å². The Morgan fingerprint density at radius 2 is 2.31 bits per heavy atom. The van der Waals surface area contributed by atoms with Crippen LogP contribution in [0.1, 0.15) is 13.3 Å². The first-order valence-corrected chi connectivity index (χ1v) is 6.56. The summed E-state index contributed by atoms with van der Waals surface area (Å²) in [5.41, 5.74) is 1.20. The van der Waals surface area contributed by atoms with Gasteiger partial charge in [-0.3, -0.25) is 0 Å². The zero-order valence-electron chi connectivity index (χ0n) is 9.27. The fraction of sp³-hybridized carbons (Fsp3) is 0.385. The Kier molecular flexibility index (Phi) is 2.58. The van der Waals surface area contributed by atoms with Gasteiger partial charge in [0.1, 0.15) is 0 Å². The molecule has 0 amide bonds. The molecule has 2 heterocycles. The monoisotopic (exact) mass is 233 g/mol. The normalized spacial score (nSPS) is 25.1. The summed E-state index contributed by atoms with van der Waals surface area (Å²) in [5, 5.41) is 7.01. The van der Waals surface area contributed by atoms with E-state index in [4.69, 9.17) is 4.74 Å². The second-order valence-corrected chi connectivity index (χ2v) is 5.24. The van der Waals surface area contributed by atoms with E-state index in [9.17, 15) is 0 Å². The average molecular weight is 233 g/mol. The van der Waals surface area contributed by atoms with Crippen LogP contribution in [0.5, 0.6) is 0 Å². The Morgan fingerprint density at radius 3 is 3.12 bits per heavy atom. The fourth-order valence-corrected chi connectivity index (χ4v) is 2.96. The van der Waals surface area contributed by atoms with Crippen LogP contribution in [0.3, 0.4) is 0 Å². The van der Waals surface area contributed by atoms with Crippen LogP contribution in [0, 0.1) is 0 Å². The summed E-state index contributed by atoms with van der Waals surface area (Å²) >= 11 is 1.79. The summed E-state index contributed by atoms with van der Waals surface area (Å²) in [7, 11) is 0. The van der Waals surface area contributed by atoms with Crippen LogP contribution in [-0.2, 0) is 4.74 Å². The van der Waals surface area contributed by atoms with Crippen molar-refractivity contribution in [2.75, 3.05) is 11.9 Å². The molecule has 1 fully saturated rings. The number of benzene rings is 1. The van der Waals surface area contributed by atoms with E-state index in [0.717, 1.165) is 13.0 Å². The van der Waals surface area contributed by atoms with Crippen molar-refractivity contribution in [1.82, 2.24) is 0 Å². The van der Waals surface area contributed by atoms with Crippen molar-refractivity contribution >= 4 is 27.1 Å². The third kappa shape index (κ3) is 1.81. The maximum Gasteiger partial charge on any atom is 0.0748 e. The van der Waals surface area contributed by atoms with Gasteiger partial charge in [0.25, 0.3) is 0 Å². The van der Waals surface area contributed by atoms with Crippen molar-refractivity contribution < 1.29 is 4.74 Å². The SMILES string of the molecule is CC1OCCC1Nc1ccc2sccc2c1. The molecule has 3 rings (SSSR count). The molecule has 0 radical (unpaired) electrons. The number of thiophene rings is 1. The van der Waals surface area contributed by atoms with Gasteiger partial charge in [0.2, 0.25) is 0 Å². The van der Waals surface area contributed by atoms with Gasteiger partial charge in [0.05, 0.1) is 12.1 Å². The van der Waals surface area contributed by atoms with Crippen molar-refractivity contribution in [2.45, 2.75) is 25.5 Å². The Morgan fingerprint density at radius 1 is 1.38 bits per heavy atom. The van der Waals surface area contributed by atoms with Gasteiger partial charge in [0, 0.05) is 17.0 Å². The minimum absolute atomic E-state index is 0.318. The molecule has 2 atom stereocenters. The van der Waals surface area contributed by atoms with E-state index in [-0.39, 0.29) is 0 Å². The number of ether oxygens (including phenoxy) is 1. The molecule has 1 aromatic carbocycles. The molecular formula is C13H15NOS. The van der Waals surface area contributed by atoms with E-state index in [1.807, 2.05) is 0 Å². The Hall–Kier alpha value is -1.06. The summed E-state index contributed by atoms with van der Waals surface area (Å²) in [5.74, 6) is 0. The number of hydrogen-bond donors (Lipinski definition) is 1. The van der Waals surface area contributed by atoms with E-state index in [0.29, 0.717) is 12.1 Å². The molecule has 1 aliphatic rings. The van der Waals surface area contributed by atoms with Crippen molar-refractivity contribution in [3.8, 4) is 0 Å². The molecule has 2 aromatic rings. The standard InChI is InChI=1S/C13H15NOS/c1-9-12(4-6-15-9)14-11-2-3-13-10(8-11)5-7-16-13/h2-3,5,7-9,12,14H,4,6H2,1H3. The third-order valence-electron chi connectivity index (χ3n) is 3.18. The molecule has 84 valence electrons. The molecule has 0 spiro atoms. The molecule has 1 aromatic heterocycles. The van der Waals surface area contributed by atoms with Crippen LogP contribution in [0.15, 0.2) is 29.6 Å². The van der Waals surface area contributed by atoms with Gasteiger partial charge in [0.15, 0.2) is 0 Å². The first-order chi connectivity index (χ1) is 7.83. The van der Waals surface area contributed by atoms with Gasteiger partial charge in [-0.05, 0) is 48.4 Å². The topological polar surface area (TPSA) is 21.3 Å². The van der Waals surface area contributed by atoms with Gasteiger partial charge in [-0.25, -0.2) is 0 Å². The van der Waals surface area contributed by atoms with Crippen LogP contribution >= 0.6 is 11.3 Å². The lowest BCUT2D eigenvalue weighted by Crippen LogP contribution is -2.26. The van der Waals surface area contributed by atoms with Crippen molar-refractivity contribution in [3.63, 3.8) is 0 Å². The molecular weight excluding hydrogens is 218 g/mol. The van der Waals surface area contributed by atoms with Gasteiger partial charge in [-0.2, -0.15) is 0 Å². The lowest BCUT2D eigenvalue weighted by molar-refractivity contribution is 0.121. The van der Waals surface area contributed by atoms with Gasteiger partial charge < -0.3 is 10.1 Å². The summed E-state index contributed by atoms with van der Waals surface area (Å²) in [6.07, 6.45) is 1.42. The van der Waals surface area contributed by atoms with Crippen LogP contribution in [0.25, 0.3) is 10.1 Å². The summed E-state index contributed by atoms with van der Waals surface area (Å²) in [6, 6.07) is 9.18. The Bertz CT molecular complexity index is 493. The highest BCUT2D eigenvalue weighted by Crippen LogP contribution is 2.26. The molecule has 2 unspecified atom stereocenters. The smallest absolute Gasteiger partial charge is 0.0748 e. The predicted octanol–water partition coefficient (Wildman–Crippen LogP) is 3.49. The zero-order valence-corrected chi connectivity index (χ0v) is 10.1. The first-order valence-electron chi connectivity index (χ1n) is 5.68. The predicted molar refractivity (Wildman–Crippen MR) is 69.3 cm³/mol. The number of hydrogen-bond acceptors (Lipinski definition) is 3. The largest absolute Gasteiger partial charge is 0.380 e. The highest BCUT2D eigenvalue weighted by Gasteiger charge is 2.23. The molecule has 2 nitrogen and oxygen atoms in total. The molecule has 1 N–H and O–H groups in total. The second-order valence-electron chi connectivity index (χ2n) is 4.29. The molecule has 16 heavy (non-hydrogen) atoms. The van der Waals surface area contributed by atoms with Crippen molar-refractivity contribution in [1.29, 1.82) is 0 Å². The minimum atomic E-state index is 0.318. The number of rotatable bonds is 2. The summed E-state index contributed by atoms with van der Waals surface area (Å²) < 4.78 is 6.90. The fourth-order valence-electron chi connectivity index (χ4n) is 2.19. The van der Waals surface area contributed by atoms with Crippen LogP contribution < -0.4 is 5.32 Å². The quantitative estimate of drug-likeness (QED) is 0.857. The molecule has 0 bridgehead atoms. The minimum Gasteiger partial charge on any atom is -0.380 e. The van der Waals surface area contributed by atoms with Crippen LogP contribution in [0.4, 0.5) is 5.69 Å². The van der Waals surface area contributed by atoms with Gasteiger partial charge >= 0.3 is 0 Å². The average Bonchev–Trinajstić information content (AvgIpc) is 2.88. The lowest BCUT2D eigenvalue weighted by atomic mass is 10.1. The number of nitrogens with one attached hydrogen (secondary N) is 1. The van der Waals surface area contributed by atoms with Crippen LogP contribution in [0.2, 0.25) is 0 Å². The maximum atomic E-state index is 5.55. The highest BCUT2D eigenvalue weighted by atomic mass is 32.1. The Balaban J connectivity index is 1.83. The molecule has 0 aliphatic carbocycles. The highest BCUT2D eigenvalue weighted by molar-refractivity contribution is 7.17. The van der Waals surface area contributed by atoms with E-state index < -0.39 is 0 Å². The van der Waals surface area contributed by atoms with Gasteiger partial charge in [-0.15, -0.1) is 11.3 Å². The van der Waals surface area contributed by atoms with Gasteiger partial charge in [-0.1, -0.05) is 0 Å². The molecule has 0 saturated carbocycles. The van der Waals surface area contributed by atoms with Crippen molar-refractivity contribution in [2.24, 2.45) is 0 Å². The number of fused-ring (bicyclic) bond motifs is 1. The Labute approximate surface area is 99.2 Å².